The van der Waals surface area contributed by atoms with Crippen LogP contribution in [0.1, 0.15) is 5.69 Å². The Balaban J connectivity index is 1.47. The second kappa shape index (κ2) is 8.14. The molecule has 0 aliphatic heterocycles. The van der Waals surface area contributed by atoms with E-state index in [-0.39, 0.29) is 10.7 Å². The first-order valence-corrected chi connectivity index (χ1v) is 10.8. The SMILES string of the molecule is COc1cc2c(cc1NC(=S)Nc1c(C)n(C)n(-c3ccccc3)c1=O)oc1ccccc12. The first-order valence-electron chi connectivity index (χ1n) is 10.4. The molecule has 0 unspecified atom stereocenters. The maximum absolute atomic E-state index is 13.1. The summed E-state index contributed by atoms with van der Waals surface area (Å²) >= 11 is 5.54. The average Bonchev–Trinajstić information content (AvgIpc) is 3.28. The summed E-state index contributed by atoms with van der Waals surface area (Å²) in [7, 11) is 3.44. The summed E-state index contributed by atoms with van der Waals surface area (Å²) in [5, 5.41) is 8.45. The number of aromatic nitrogens is 2. The fourth-order valence-corrected chi connectivity index (χ4v) is 4.21. The van der Waals surface area contributed by atoms with E-state index in [0.717, 1.165) is 27.7 Å². The molecular formula is C25H22N4O3S. The van der Waals surface area contributed by atoms with Crippen molar-refractivity contribution in [1.82, 2.24) is 9.36 Å². The molecule has 0 aliphatic rings. The molecule has 8 heteroatoms. The van der Waals surface area contributed by atoms with Crippen molar-refractivity contribution in [2.75, 3.05) is 17.7 Å². The number of thiocarbonyl (C=S) groups is 1. The van der Waals surface area contributed by atoms with Crippen LogP contribution in [-0.4, -0.2) is 21.6 Å². The second-order valence-corrected chi connectivity index (χ2v) is 8.07. The Morgan fingerprint density at radius 2 is 1.70 bits per heavy atom. The van der Waals surface area contributed by atoms with Crippen LogP contribution in [-0.2, 0) is 7.05 Å². The predicted octanol–water partition coefficient (Wildman–Crippen LogP) is 5.20. The van der Waals surface area contributed by atoms with Crippen molar-refractivity contribution in [2.45, 2.75) is 6.92 Å². The Morgan fingerprint density at radius 1 is 0.970 bits per heavy atom. The number of nitrogens with zero attached hydrogens (tertiary/aromatic N) is 2. The molecule has 0 spiro atoms. The molecule has 0 atom stereocenters. The van der Waals surface area contributed by atoms with Crippen molar-refractivity contribution in [3.8, 4) is 11.4 Å². The molecule has 0 saturated carbocycles. The van der Waals surface area contributed by atoms with Gasteiger partial charge in [-0.05, 0) is 43.4 Å². The van der Waals surface area contributed by atoms with Crippen molar-refractivity contribution >= 4 is 50.6 Å². The van der Waals surface area contributed by atoms with Crippen LogP contribution in [0, 0.1) is 6.92 Å². The highest BCUT2D eigenvalue weighted by Gasteiger charge is 2.18. The van der Waals surface area contributed by atoms with Crippen molar-refractivity contribution < 1.29 is 9.15 Å². The van der Waals surface area contributed by atoms with E-state index in [2.05, 4.69) is 10.6 Å². The number of ether oxygens (including phenoxy) is 1. The maximum Gasteiger partial charge on any atom is 0.295 e. The molecule has 0 aliphatic carbocycles. The molecule has 0 amide bonds. The number of rotatable bonds is 4. The van der Waals surface area contributed by atoms with Gasteiger partial charge in [0.05, 0.1) is 24.2 Å². The van der Waals surface area contributed by atoms with Crippen molar-refractivity contribution in [1.29, 1.82) is 0 Å². The van der Waals surface area contributed by atoms with Gasteiger partial charge >= 0.3 is 0 Å². The van der Waals surface area contributed by atoms with Crippen LogP contribution in [0.3, 0.4) is 0 Å². The number of hydrogen-bond donors (Lipinski definition) is 2. The summed E-state index contributed by atoms with van der Waals surface area (Å²) in [6.45, 7) is 1.87. The Hall–Kier alpha value is -4.04. The number of methoxy groups -OCH3 is 1. The molecule has 166 valence electrons. The molecule has 3 aromatic carbocycles. The molecule has 5 rings (SSSR count). The van der Waals surface area contributed by atoms with Gasteiger partial charge in [0.2, 0.25) is 0 Å². The van der Waals surface area contributed by atoms with E-state index in [4.69, 9.17) is 21.4 Å². The van der Waals surface area contributed by atoms with Gasteiger partial charge < -0.3 is 19.8 Å². The second-order valence-electron chi connectivity index (χ2n) is 7.66. The van der Waals surface area contributed by atoms with Crippen LogP contribution in [0.25, 0.3) is 27.6 Å². The highest BCUT2D eigenvalue weighted by molar-refractivity contribution is 7.80. The van der Waals surface area contributed by atoms with Crippen LogP contribution >= 0.6 is 12.2 Å². The number of fused-ring (bicyclic) bond motifs is 3. The van der Waals surface area contributed by atoms with Crippen molar-refractivity contribution in [3.05, 3.63) is 82.8 Å². The van der Waals surface area contributed by atoms with E-state index in [0.29, 0.717) is 22.7 Å². The zero-order valence-electron chi connectivity index (χ0n) is 18.4. The molecule has 0 radical (unpaired) electrons. The minimum Gasteiger partial charge on any atom is -0.495 e. The fraction of sp³-hybridized carbons (Fsp3) is 0.120. The Kier molecular flexibility index (Phi) is 5.14. The largest absolute Gasteiger partial charge is 0.495 e. The van der Waals surface area contributed by atoms with Gasteiger partial charge in [-0.3, -0.25) is 9.48 Å². The highest BCUT2D eigenvalue weighted by Crippen LogP contribution is 2.36. The number of furan rings is 1. The lowest BCUT2D eigenvalue weighted by atomic mass is 10.1. The Morgan fingerprint density at radius 3 is 2.45 bits per heavy atom. The number of anilines is 2. The van der Waals surface area contributed by atoms with Gasteiger partial charge in [0.15, 0.2) is 5.11 Å². The van der Waals surface area contributed by atoms with E-state index >= 15 is 0 Å². The van der Waals surface area contributed by atoms with Gasteiger partial charge in [0.1, 0.15) is 22.6 Å². The van der Waals surface area contributed by atoms with Gasteiger partial charge in [0.25, 0.3) is 5.56 Å². The molecule has 0 fully saturated rings. The van der Waals surface area contributed by atoms with Crippen molar-refractivity contribution in [3.63, 3.8) is 0 Å². The van der Waals surface area contributed by atoms with Gasteiger partial charge in [-0.25, -0.2) is 4.68 Å². The summed E-state index contributed by atoms with van der Waals surface area (Å²) in [5.41, 5.74) is 3.90. The molecule has 2 N–H and O–H groups in total. The minimum atomic E-state index is -0.190. The third-order valence-electron chi connectivity index (χ3n) is 5.74. The monoisotopic (exact) mass is 458 g/mol. The van der Waals surface area contributed by atoms with Gasteiger partial charge in [-0.1, -0.05) is 36.4 Å². The molecule has 33 heavy (non-hydrogen) atoms. The average molecular weight is 459 g/mol. The normalized spacial score (nSPS) is 11.1. The van der Waals surface area contributed by atoms with Gasteiger partial charge in [-0.15, -0.1) is 0 Å². The number of hydrogen-bond acceptors (Lipinski definition) is 4. The predicted molar refractivity (Wildman–Crippen MR) is 136 cm³/mol. The van der Waals surface area contributed by atoms with E-state index in [1.807, 2.05) is 80.7 Å². The zero-order chi connectivity index (χ0) is 23.1. The van der Waals surface area contributed by atoms with Crippen LogP contribution in [0.4, 0.5) is 11.4 Å². The van der Waals surface area contributed by atoms with E-state index < -0.39 is 0 Å². The zero-order valence-corrected chi connectivity index (χ0v) is 19.2. The summed E-state index contributed by atoms with van der Waals surface area (Å²) in [4.78, 5) is 13.1. The van der Waals surface area contributed by atoms with Crippen LogP contribution in [0.15, 0.2) is 75.9 Å². The standard InChI is InChI=1S/C25H22N4O3S/c1-15-23(24(30)29(28(15)2)16-9-5-4-6-10-16)27-25(33)26-19-14-21-18(13-22(19)31-3)17-11-7-8-12-20(17)32-21/h4-14H,1-3H3,(H2,26,27,33). The van der Waals surface area contributed by atoms with E-state index in [1.54, 1.807) is 16.5 Å². The van der Waals surface area contributed by atoms with Crippen molar-refractivity contribution in [2.24, 2.45) is 7.05 Å². The lowest BCUT2D eigenvalue weighted by Crippen LogP contribution is -2.25. The third kappa shape index (κ3) is 3.54. The lowest BCUT2D eigenvalue weighted by molar-refractivity contribution is 0.417. The molecule has 7 nitrogen and oxygen atoms in total. The number of nitrogens with one attached hydrogen (secondary N) is 2. The lowest BCUT2D eigenvalue weighted by Gasteiger charge is -2.13. The summed E-state index contributed by atoms with van der Waals surface area (Å²) < 4.78 is 15.0. The minimum absolute atomic E-state index is 0.190. The van der Waals surface area contributed by atoms with Crippen LogP contribution in [0.5, 0.6) is 5.75 Å². The number of benzene rings is 3. The molecule has 2 aromatic heterocycles. The molecule has 0 saturated heterocycles. The van der Waals surface area contributed by atoms with Crippen LogP contribution < -0.4 is 20.9 Å². The quantitative estimate of drug-likeness (QED) is 0.361. The smallest absolute Gasteiger partial charge is 0.295 e. The Bertz CT molecular complexity index is 1560. The fourth-order valence-electron chi connectivity index (χ4n) is 4.00. The topological polar surface area (TPSA) is 73.4 Å². The first-order chi connectivity index (χ1) is 16.0. The number of para-hydroxylation sites is 2. The maximum atomic E-state index is 13.1. The third-order valence-corrected chi connectivity index (χ3v) is 5.94. The summed E-state index contributed by atoms with van der Waals surface area (Å²) in [6, 6.07) is 21.1. The summed E-state index contributed by atoms with van der Waals surface area (Å²) in [6.07, 6.45) is 0. The molecule has 2 heterocycles. The highest BCUT2D eigenvalue weighted by atomic mass is 32.1. The molecule has 5 aromatic rings. The van der Waals surface area contributed by atoms with Gasteiger partial charge in [-0.2, -0.15) is 0 Å². The van der Waals surface area contributed by atoms with E-state index in [1.165, 1.54) is 0 Å². The van der Waals surface area contributed by atoms with Gasteiger partial charge in [0, 0.05) is 23.9 Å². The van der Waals surface area contributed by atoms with E-state index in [9.17, 15) is 4.79 Å². The van der Waals surface area contributed by atoms with Crippen LogP contribution in [0.2, 0.25) is 0 Å². The molecule has 0 bridgehead atoms. The molecular weight excluding hydrogens is 436 g/mol. The first kappa shape index (κ1) is 20.8. The Labute approximate surface area is 195 Å². The summed E-state index contributed by atoms with van der Waals surface area (Å²) in [5.74, 6) is 0.615.